The SMILES string of the molecule is CCCN(CC(=O)O)Cc1nc(-c2cc(Cl)ccc2Cl)cs1. The van der Waals surface area contributed by atoms with E-state index in [1.165, 1.54) is 11.3 Å². The molecule has 0 fully saturated rings. The largest absolute Gasteiger partial charge is 0.480 e. The van der Waals surface area contributed by atoms with Gasteiger partial charge in [0, 0.05) is 16.0 Å². The second-order valence-corrected chi connectivity index (χ2v) is 6.64. The van der Waals surface area contributed by atoms with Gasteiger partial charge in [0.1, 0.15) is 5.01 Å². The van der Waals surface area contributed by atoms with E-state index in [0.717, 1.165) is 29.2 Å². The maximum Gasteiger partial charge on any atom is 0.317 e. The van der Waals surface area contributed by atoms with Gasteiger partial charge in [0.05, 0.1) is 23.8 Å². The molecule has 0 spiro atoms. The summed E-state index contributed by atoms with van der Waals surface area (Å²) in [5, 5.41) is 12.9. The second-order valence-electron chi connectivity index (χ2n) is 4.86. The number of rotatable bonds is 7. The number of halogens is 2. The first kappa shape index (κ1) is 17.2. The molecular formula is C15H16Cl2N2O2S. The van der Waals surface area contributed by atoms with Crippen LogP contribution in [-0.4, -0.2) is 34.0 Å². The van der Waals surface area contributed by atoms with Crippen molar-refractivity contribution >= 4 is 40.5 Å². The van der Waals surface area contributed by atoms with Gasteiger partial charge in [0.25, 0.3) is 0 Å². The second kappa shape index (κ2) is 7.92. The number of hydrogen-bond acceptors (Lipinski definition) is 4. The first-order valence-corrected chi connectivity index (χ1v) is 8.47. The van der Waals surface area contributed by atoms with E-state index in [1.54, 1.807) is 18.2 Å². The lowest BCUT2D eigenvalue weighted by atomic mass is 10.2. The lowest BCUT2D eigenvalue weighted by molar-refractivity contribution is -0.138. The highest BCUT2D eigenvalue weighted by molar-refractivity contribution is 7.09. The standard InChI is InChI=1S/C15H16Cl2N2O2S/c1-2-5-19(8-15(20)21)7-14-18-13(9-22-14)11-6-10(16)3-4-12(11)17/h3-4,6,9H,2,5,7-8H2,1H3,(H,20,21). The van der Waals surface area contributed by atoms with Crippen LogP contribution < -0.4 is 0 Å². The molecule has 2 rings (SSSR count). The van der Waals surface area contributed by atoms with Crippen LogP contribution in [-0.2, 0) is 11.3 Å². The molecule has 0 aliphatic heterocycles. The highest BCUT2D eigenvalue weighted by Crippen LogP contribution is 2.31. The zero-order valence-corrected chi connectivity index (χ0v) is 14.4. The summed E-state index contributed by atoms with van der Waals surface area (Å²) in [4.78, 5) is 17.3. The Balaban J connectivity index is 2.16. The highest BCUT2D eigenvalue weighted by atomic mass is 35.5. The van der Waals surface area contributed by atoms with Gasteiger partial charge in [0.2, 0.25) is 0 Å². The van der Waals surface area contributed by atoms with E-state index in [9.17, 15) is 4.79 Å². The minimum absolute atomic E-state index is 0.0146. The van der Waals surface area contributed by atoms with Crippen LogP contribution in [0.2, 0.25) is 10.0 Å². The van der Waals surface area contributed by atoms with Gasteiger partial charge in [-0.3, -0.25) is 9.69 Å². The number of aromatic nitrogens is 1. The first-order chi connectivity index (χ1) is 10.5. The summed E-state index contributed by atoms with van der Waals surface area (Å²) < 4.78 is 0. The van der Waals surface area contributed by atoms with Gasteiger partial charge in [-0.05, 0) is 31.2 Å². The van der Waals surface area contributed by atoms with Crippen LogP contribution in [0, 0.1) is 0 Å². The Bertz CT molecular complexity index is 661. The van der Waals surface area contributed by atoms with E-state index in [-0.39, 0.29) is 6.54 Å². The van der Waals surface area contributed by atoms with E-state index in [2.05, 4.69) is 4.98 Å². The number of hydrogen-bond donors (Lipinski definition) is 1. The van der Waals surface area contributed by atoms with Crippen LogP contribution in [0.3, 0.4) is 0 Å². The summed E-state index contributed by atoms with van der Waals surface area (Å²) in [6, 6.07) is 5.26. The molecule has 0 amide bonds. The van der Waals surface area contributed by atoms with Crippen molar-refractivity contribution in [1.29, 1.82) is 0 Å². The first-order valence-electron chi connectivity index (χ1n) is 6.83. The molecule has 22 heavy (non-hydrogen) atoms. The Hall–Kier alpha value is -1.14. The van der Waals surface area contributed by atoms with Gasteiger partial charge in [0.15, 0.2) is 0 Å². The maximum absolute atomic E-state index is 10.9. The van der Waals surface area contributed by atoms with Crippen molar-refractivity contribution in [2.45, 2.75) is 19.9 Å². The van der Waals surface area contributed by atoms with Crippen LogP contribution in [0.5, 0.6) is 0 Å². The van der Waals surface area contributed by atoms with E-state index >= 15 is 0 Å². The smallest absolute Gasteiger partial charge is 0.317 e. The molecular weight excluding hydrogens is 343 g/mol. The van der Waals surface area contributed by atoms with Crippen molar-refractivity contribution in [1.82, 2.24) is 9.88 Å². The molecule has 1 aromatic heterocycles. The van der Waals surface area contributed by atoms with Crippen LogP contribution in [0.15, 0.2) is 23.6 Å². The summed E-state index contributed by atoms with van der Waals surface area (Å²) >= 11 is 13.7. The molecule has 0 atom stereocenters. The summed E-state index contributed by atoms with van der Waals surface area (Å²) in [5.74, 6) is -0.830. The zero-order valence-electron chi connectivity index (χ0n) is 12.1. The van der Waals surface area contributed by atoms with Crippen molar-refractivity contribution in [3.63, 3.8) is 0 Å². The van der Waals surface area contributed by atoms with Crippen LogP contribution >= 0.6 is 34.5 Å². The molecule has 1 aromatic carbocycles. The molecule has 0 aliphatic carbocycles. The maximum atomic E-state index is 10.9. The summed E-state index contributed by atoms with van der Waals surface area (Å²) in [7, 11) is 0. The summed E-state index contributed by atoms with van der Waals surface area (Å²) in [6.07, 6.45) is 0.894. The fourth-order valence-electron chi connectivity index (χ4n) is 2.11. The van der Waals surface area contributed by atoms with E-state index in [1.807, 2.05) is 17.2 Å². The molecule has 0 bridgehead atoms. The number of carboxylic acid groups (broad SMARTS) is 1. The quantitative estimate of drug-likeness (QED) is 0.795. The third kappa shape index (κ3) is 4.68. The molecule has 0 saturated heterocycles. The van der Waals surface area contributed by atoms with Crippen LogP contribution in [0.25, 0.3) is 11.3 Å². The van der Waals surface area contributed by atoms with Crippen molar-refractivity contribution < 1.29 is 9.90 Å². The lowest BCUT2D eigenvalue weighted by Gasteiger charge is -2.17. The molecule has 1 heterocycles. The number of nitrogens with zero attached hydrogens (tertiary/aromatic N) is 2. The minimum atomic E-state index is -0.830. The molecule has 7 heteroatoms. The van der Waals surface area contributed by atoms with E-state index in [0.29, 0.717) is 16.6 Å². The zero-order chi connectivity index (χ0) is 16.1. The Morgan fingerprint density at radius 1 is 1.41 bits per heavy atom. The number of thiazole rings is 1. The average molecular weight is 359 g/mol. The third-order valence-electron chi connectivity index (χ3n) is 3.01. The monoisotopic (exact) mass is 358 g/mol. The lowest BCUT2D eigenvalue weighted by Crippen LogP contribution is -2.30. The molecule has 0 aliphatic rings. The molecule has 4 nitrogen and oxygen atoms in total. The Morgan fingerprint density at radius 2 is 2.18 bits per heavy atom. The molecule has 1 N–H and O–H groups in total. The van der Waals surface area contributed by atoms with Gasteiger partial charge >= 0.3 is 5.97 Å². The molecule has 0 unspecified atom stereocenters. The normalized spacial score (nSPS) is 11.1. The van der Waals surface area contributed by atoms with Gasteiger partial charge < -0.3 is 5.11 Å². The Morgan fingerprint density at radius 3 is 2.86 bits per heavy atom. The third-order valence-corrected chi connectivity index (χ3v) is 4.41. The summed E-state index contributed by atoms with van der Waals surface area (Å²) in [6.45, 7) is 3.27. The van der Waals surface area contributed by atoms with Crippen molar-refractivity contribution in [2.75, 3.05) is 13.1 Å². The minimum Gasteiger partial charge on any atom is -0.480 e. The van der Waals surface area contributed by atoms with E-state index in [4.69, 9.17) is 28.3 Å². The Labute approximate surface area is 143 Å². The number of aliphatic carboxylic acids is 1. The fourth-order valence-corrected chi connectivity index (χ4v) is 3.34. The van der Waals surface area contributed by atoms with Crippen LogP contribution in [0.4, 0.5) is 0 Å². The van der Waals surface area contributed by atoms with Gasteiger partial charge in [-0.1, -0.05) is 30.1 Å². The molecule has 0 radical (unpaired) electrons. The van der Waals surface area contributed by atoms with Gasteiger partial charge in [-0.15, -0.1) is 11.3 Å². The topological polar surface area (TPSA) is 53.4 Å². The van der Waals surface area contributed by atoms with E-state index < -0.39 is 5.97 Å². The molecule has 118 valence electrons. The predicted molar refractivity (Wildman–Crippen MR) is 90.8 cm³/mol. The summed E-state index contributed by atoms with van der Waals surface area (Å²) in [5.41, 5.74) is 1.55. The van der Waals surface area contributed by atoms with Crippen molar-refractivity contribution in [3.05, 3.63) is 38.6 Å². The number of carboxylic acids is 1. The Kier molecular flexibility index (Phi) is 6.20. The number of carbonyl (C=O) groups is 1. The molecule has 2 aromatic rings. The van der Waals surface area contributed by atoms with Gasteiger partial charge in [-0.2, -0.15) is 0 Å². The van der Waals surface area contributed by atoms with Crippen LogP contribution in [0.1, 0.15) is 18.4 Å². The highest BCUT2D eigenvalue weighted by Gasteiger charge is 2.14. The van der Waals surface area contributed by atoms with Crippen molar-refractivity contribution in [3.8, 4) is 11.3 Å². The predicted octanol–water partition coefficient (Wildman–Crippen LogP) is 4.41. The fraction of sp³-hybridized carbons (Fsp3) is 0.333. The number of benzene rings is 1. The van der Waals surface area contributed by atoms with Gasteiger partial charge in [-0.25, -0.2) is 4.98 Å². The van der Waals surface area contributed by atoms with Crippen molar-refractivity contribution in [2.24, 2.45) is 0 Å². The molecule has 0 saturated carbocycles. The average Bonchev–Trinajstić information content (AvgIpc) is 2.89.